The lowest BCUT2D eigenvalue weighted by atomic mass is 9.78. The highest BCUT2D eigenvalue weighted by atomic mass is 32.2. The molecule has 4 nitrogen and oxygen atoms in total. The second-order valence-corrected chi connectivity index (χ2v) is 14.0. The summed E-state index contributed by atoms with van der Waals surface area (Å²) in [6, 6.07) is 26.8. The number of benzene rings is 3. The van der Waals surface area contributed by atoms with Crippen molar-refractivity contribution >= 4 is 10.0 Å². The van der Waals surface area contributed by atoms with Crippen LogP contribution in [-0.4, -0.2) is 50.8 Å². The normalized spacial score (nSPS) is 20.4. The van der Waals surface area contributed by atoms with Gasteiger partial charge in [-0.05, 0) is 106 Å². The lowest BCUT2D eigenvalue weighted by Gasteiger charge is -2.38. The van der Waals surface area contributed by atoms with Crippen molar-refractivity contribution in [2.75, 3.05) is 33.2 Å². The third-order valence-corrected chi connectivity index (χ3v) is 11.1. The maximum Gasteiger partial charge on any atom is 0.242 e. The highest BCUT2D eigenvalue weighted by Gasteiger charge is 2.41. The van der Waals surface area contributed by atoms with E-state index in [1.54, 1.807) is 23.5 Å². The summed E-state index contributed by atoms with van der Waals surface area (Å²) >= 11 is 0. The molecule has 3 aromatic carbocycles. The van der Waals surface area contributed by atoms with E-state index in [2.05, 4.69) is 59.5 Å². The lowest BCUT2D eigenvalue weighted by Crippen LogP contribution is -2.44. The predicted octanol–water partition coefficient (Wildman–Crippen LogP) is 6.62. The summed E-state index contributed by atoms with van der Waals surface area (Å²) in [4.78, 5) is 3.01. The average molecular weight is 545 g/mol. The summed E-state index contributed by atoms with van der Waals surface area (Å²) < 4.78 is 28.6. The summed E-state index contributed by atoms with van der Waals surface area (Å²) in [7, 11) is -1.78. The molecule has 0 amide bonds. The predicted molar refractivity (Wildman–Crippen MR) is 161 cm³/mol. The molecule has 5 rings (SSSR count). The van der Waals surface area contributed by atoms with Crippen LogP contribution in [0.4, 0.5) is 0 Å². The van der Waals surface area contributed by atoms with Gasteiger partial charge in [0, 0.05) is 19.0 Å². The number of likely N-dealkylation sites (N-methyl/N-ethyl adjacent to an activating group) is 1. The van der Waals surface area contributed by atoms with Crippen molar-refractivity contribution in [3.05, 3.63) is 101 Å². The monoisotopic (exact) mass is 544 g/mol. The molecule has 1 aliphatic carbocycles. The molecule has 0 bridgehead atoms. The summed E-state index contributed by atoms with van der Waals surface area (Å²) in [5.74, 6) is 0.830. The Balaban J connectivity index is 1.20. The first-order valence-corrected chi connectivity index (χ1v) is 16.2. The molecule has 1 saturated heterocycles. The zero-order chi connectivity index (χ0) is 27.3. The summed E-state index contributed by atoms with van der Waals surface area (Å²) in [5.41, 5.74) is 5.11. The molecule has 3 aromatic rings. The van der Waals surface area contributed by atoms with Crippen LogP contribution in [0.3, 0.4) is 0 Å². The number of nitrogens with zero attached hydrogens (tertiary/aromatic N) is 2. The number of hydrogen-bond donors (Lipinski definition) is 0. The smallest absolute Gasteiger partial charge is 0.242 e. The van der Waals surface area contributed by atoms with E-state index in [0.717, 1.165) is 50.4 Å². The van der Waals surface area contributed by atoms with Crippen molar-refractivity contribution in [3.63, 3.8) is 0 Å². The van der Waals surface area contributed by atoms with E-state index in [1.807, 2.05) is 19.1 Å². The molecule has 0 radical (unpaired) electrons. The molecule has 0 N–H and O–H groups in total. The van der Waals surface area contributed by atoms with Crippen LogP contribution in [0, 0.1) is 12.8 Å². The third-order valence-electron chi connectivity index (χ3n) is 9.25. The van der Waals surface area contributed by atoms with Gasteiger partial charge in [0.2, 0.25) is 10.0 Å². The Morgan fingerprint density at radius 2 is 1.62 bits per heavy atom. The lowest BCUT2D eigenvalue weighted by molar-refractivity contribution is 0.158. The molecule has 5 heteroatoms. The zero-order valence-corrected chi connectivity index (χ0v) is 24.5. The number of piperidine rings is 1. The first kappa shape index (κ1) is 28.1. The minimum Gasteiger partial charge on any atom is -0.303 e. The Hall–Kier alpha value is -2.47. The SMILES string of the molecule is Cc1ccc(S(=O)(=O)N(C)CC2(CCN3CCC(CCCc4ccccc4)CC3)CCc3ccccc32)cc1. The van der Waals surface area contributed by atoms with Crippen LogP contribution in [0.1, 0.15) is 60.8 Å². The molecule has 208 valence electrons. The maximum atomic E-state index is 13.5. The summed E-state index contributed by atoms with van der Waals surface area (Å²) in [5, 5.41) is 0. The molecular formula is C34H44N2O2S. The van der Waals surface area contributed by atoms with Gasteiger partial charge in [-0.25, -0.2) is 12.7 Å². The van der Waals surface area contributed by atoms with Gasteiger partial charge < -0.3 is 4.90 Å². The van der Waals surface area contributed by atoms with Crippen LogP contribution in [0.15, 0.2) is 83.8 Å². The van der Waals surface area contributed by atoms with Crippen LogP contribution in [-0.2, 0) is 28.3 Å². The number of hydrogen-bond acceptors (Lipinski definition) is 3. The van der Waals surface area contributed by atoms with Crippen LogP contribution in [0.25, 0.3) is 0 Å². The fourth-order valence-corrected chi connectivity index (χ4v) is 8.04. The van der Waals surface area contributed by atoms with E-state index in [0.29, 0.717) is 11.4 Å². The number of aryl methyl sites for hydroxylation is 3. The van der Waals surface area contributed by atoms with Crippen LogP contribution in [0.2, 0.25) is 0 Å². The molecule has 0 spiro atoms. The summed E-state index contributed by atoms with van der Waals surface area (Å²) in [6.45, 7) is 5.86. The molecular weight excluding hydrogens is 500 g/mol. The average Bonchev–Trinajstić information content (AvgIpc) is 3.32. The number of sulfonamides is 1. The van der Waals surface area contributed by atoms with Crippen molar-refractivity contribution in [3.8, 4) is 0 Å². The quantitative estimate of drug-likeness (QED) is 0.272. The Kier molecular flexibility index (Phi) is 8.90. The van der Waals surface area contributed by atoms with Gasteiger partial charge >= 0.3 is 0 Å². The van der Waals surface area contributed by atoms with Crippen molar-refractivity contribution in [2.24, 2.45) is 5.92 Å². The molecule has 1 aliphatic heterocycles. The van der Waals surface area contributed by atoms with Crippen molar-refractivity contribution < 1.29 is 8.42 Å². The largest absolute Gasteiger partial charge is 0.303 e. The van der Waals surface area contributed by atoms with Gasteiger partial charge in [-0.15, -0.1) is 0 Å². The molecule has 1 unspecified atom stereocenters. The highest BCUT2D eigenvalue weighted by Crippen LogP contribution is 2.43. The Morgan fingerprint density at radius 1 is 0.923 bits per heavy atom. The Morgan fingerprint density at radius 3 is 2.36 bits per heavy atom. The van der Waals surface area contributed by atoms with E-state index in [1.165, 1.54) is 48.8 Å². The third kappa shape index (κ3) is 6.65. The molecule has 0 aromatic heterocycles. The zero-order valence-electron chi connectivity index (χ0n) is 23.7. The van der Waals surface area contributed by atoms with Gasteiger partial charge in [0.05, 0.1) is 4.90 Å². The van der Waals surface area contributed by atoms with Gasteiger partial charge in [0.25, 0.3) is 0 Å². The van der Waals surface area contributed by atoms with Crippen molar-refractivity contribution in [1.82, 2.24) is 9.21 Å². The highest BCUT2D eigenvalue weighted by molar-refractivity contribution is 7.89. The molecule has 1 atom stereocenters. The number of likely N-dealkylation sites (tertiary alicyclic amines) is 1. The second-order valence-electron chi connectivity index (χ2n) is 11.9. The molecule has 1 fully saturated rings. The molecule has 39 heavy (non-hydrogen) atoms. The minimum absolute atomic E-state index is 0.143. The number of fused-ring (bicyclic) bond motifs is 1. The fourth-order valence-electron chi connectivity index (χ4n) is 6.78. The second kappa shape index (κ2) is 12.4. The molecule has 0 saturated carbocycles. The van der Waals surface area contributed by atoms with Crippen LogP contribution in [0.5, 0.6) is 0 Å². The topological polar surface area (TPSA) is 40.6 Å². The van der Waals surface area contributed by atoms with Gasteiger partial charge in [0.1, 0.15) is 0 Å². The first-order chi connectivity index (χ1) is 18.9. The van der Waals surface area contributed by atoms with Gasteiger partial charge in [0.15, 0.2) is 0 Å². The van der Waals surface area contributed by atoms with Crippen LogP contribution < -0.4 is 0 Å². The van der Waals surface area contributed by atoms with Gasteiger partial charge in [-0.1, -0.05) is 78.7 Å². The fraction of sp³-hybridized carbons (Fsp3) is 0.471. The van der Waals surface area contributed by atoms with Crippen LogP contribution >= 0.6 is 0 Å². The van der Waals surface area contributed by atoms with E-state index < -0.39 is 10.0 Å². The minimum atomic E-state index is -3.54. The van der Waals surface area contributed by atoms with Gasteiger partial charge in [-0.3, -0.25) is 0 Å². The van der Waals surface area contributed by atoms with E-state index in [4.69, 9.17) is 0 Å². The Labute approximate surface area is 236 Å². The molecule has 2 aliphatic rings. The Bertz CT molecular complexity index is 1310. The van der Waals surface area contributed by atoms with E-state index in [9.17, 15) is 8.42 Å². The maximum absolute atomic E-state index is 13.5. The number of rotatable bonds is 11. The van der Waals surface area contributed by atoms with E-state index >= 15 is 0 Å². The summed E-state index contributed by atoms with van der Waals surface area (Å²) in [6.07, 6.45) is 9.37. The van der Waals surface area contributed by atoms with Crippen molar-refractivity contribution in [1.29, 1.82) is 0 Å². The standard InChI is InChI=1S/C34H44N2O2S/c1-28-15-17-32(18-16-28)39(37,38)35(2)27-34(22-19-31-13-6-7-14-33(31)34)23-26-36-24-20-30(21-25-36)12-8-11-29-9-4-3-5-10-29/h3-7,9-10,13-18,30H,8,11-12,19-27H2,1-2H3. The first-order valence-electron chi connectivity index (χ1n) is 14.7. The molecule has 1 heterocycles. The van der Waals surface area contributed by atoms with Crippen molar-refractivity contribution in [2.45, 2.75) is 68.6 Å². The van der Waals surface area contributed by atoms with E-state index in [-0.39, 0.29) is 5.41 Å². The van der Waals surface area contributed by atoms with Gasteiger partial charge in [-0.2, -0.15) is 0 Å².